The zero-order chi connectivity index (χ0) is 6.85. The summed E-state index contributed by atoms with van der Waals surface area (Å²) in [4.78, 5) is 7.19. The molecular formula is C3HLiN3O3Sr+. The number of nitrogens with zero attached hydrogens (tertiary/aromatic N) is 2. The van der Waals surface area contributed by atoms with E-state index in [4.69, 9.17) is 0 Å². The van der Waals surface area contributed by atoms with Crippen LogP contribution in [0.5, 0.6) is 18.0 Å². The fraction of sp³-hybridized carbons (Fsp3) is 0. The first kappa shape index (κ1) is 14.0. The molecule has 0 amide bonds. The Morgan fingerprint density at radius 3 is 1.64 bits per heavy atom. The van der Waals surface area contributed by atoms with Gasteiger partial charge in [0.25, 0.3) is 0 Å². The molecule has 0 aromatic carbocycles. The SMILES string of the molecule is [Li+].[O-]c1nc([O-])[nH+]c([O-])n1.[Sr+2]. The van der Waals surface area contributed by atoms with Gasteiger partial charge in [0.05, 0.1) is 0 Å². The molecule has 0 aliphatic rings. The zero-order valence-electron chi connectivity index (χ0n) is 5.83. The molecule has 0 bridgehead atoms. The standard InChI is InChI=1S/C3H3N3O3.Li.Sr/c7-1-4-2(8)6-3(9)5-1;;/h(H3,4,5,6,7,8,9);;/q;+1;+2/p-2. The van der Waals surface area contributed by atoms with E-state index in [0.29, 0.717) is 0 Å². The van der Waals surface area contributed by atoms with Crippen LogP contribution in [0.15, 0.2) is 0 Å². The molecule has 8 heteroatoms. The van der Waals surface area contributed by atoms with Crippen LogP contribution in [0.4, 0.5) is 0 Å². The minimum absolute atomic E-state index is 0. The van der Waals surface area contributed by atoms with Crippen LogP contribution >= 0.6 is 0 Å². The third-order valence-corrected chi connectivity index (χ3v) is 0.608. The van der Waals surface area contributed by atoms with E-state index >= 15 is 0 Å². The smallest absolute Gasteiger partial charge is 0.820 e. The minimum atomic E-state index is -1.05. The van der Waals surface area contributed by atoms with Crippen LogP contribution in [0.1, 0.15) is 0 Å². The van der Waals surface area contributed by atoms with Gasteiger partial charge in [-0.3, -0.25) is 4.98 Å². The van der Waals surface area contributed by atoms with Crippen LogP contribution in [-0.2, 0) is 0 Å². The average molecular weight is 222 g/mol. The molecule has 6 nitrogen and oxygen atoms in total. The summed E-state index contributed by atoms with van der Waals surface area (Å²) in [5.41, 5.74) is 0. The van der Waals surface area contributed by atoms with Gasteiger partial charge in [-0.15, -0.1) is 0 Å². The van der Waals surface area contributed by atoms with Gasteiger partial charge in [0.1, 0.15) is 0 Å². The maximum atomic E-state index is 10.1. The molecule has 0 atom stereocenters. The van der Waals surface area contributed by atoms with Crippen molar-refractivity contribution in [2.45, 2.75) is 0 Å². The number of hydrogen-bond acceptors (Lipinski definition) is 5. The predicted molar refractivity (Wildman–Crippen MR) is 22.7 cm³/mol. The van der Waals surface area contributed by atoms with Gasteiger partial charge in [0.15, 0.2) is 0 Å². The van der Waals surface area contributed by atoms with Gasteiger partial charge in [0.2, 0.25) is 18.0 Å². The summed E-state index contributed by atoms with van der Waals surface area (Å²) < 4.78 is 0. The third kappa shape index (κ3) is 4.85. The van der Waals surface area contributed by atoms with Crippen molar-refractivity contribution >= 4 is 45.5 Å². The van der Waals surface area contributed by atoms with Crippen molar-refractivity contribution < 1.29 is 39.2 Å². The minimum Gasteiger partial charge on any atom is -0.820 e. The van der Waals surface area contributed by atoms with Crippen molar-refractivity contribution in [3.63, 3.8) is 0 Å². The first-order valence-electron chi connectivity index (χ1n) is 2.01. The number of aromatic amines is 1. The Balaban J connectivity index is 0. The Morgan fingerprint density at radius 1 is 1.00 bits per heavy atom. The van der Waals surface area contributed by atoms with Crippen LogP contribution in [0.2, 0.25) is 0 Å². The molecule has 0 radical (unpaired) electrons. The summed E-state index contributed by atoms with van der Waals surface area (Å²) in [6, 6.07) is -2.97. The quantitative estimate of drug-likeness (QED) is 0.405. The van der Waals surface area contributed by atoms with Gasteiger partial charge < -0.3 is 15.3 Å². The Kier molecular flexibility index (Phi) is 7.73. The number of nitrogens with one attached hydrogen (secondary N) is 1. The van der Waals surface area contributed by atoms with E-state index in [2.05, 4.69) is 9.97 Å². The molecule has 0 aliphatic heterocycles. The Bertz CT molecular complexity index is 185. The summed E-state index contributed by atoms with van der Waals surface area (Å²) in [5.74, 6) is 0. The fourth-order valence-electron chi connectivity index (χ4n) is 0.346. The molecule has 0 spiro atoms. The molecule has 1 aromatic heterocycles. The molecule has 0 fully saturated rings. The molecule has 1 N–H and O–H groups in total. The maximum Gasteiger partial charge on any atom is 2.00 e. The predicted octanol–water partition coefficient (Wildman–Crippen LogP) is -6.87. The Labute approximate surface area is 111 Å². The van der Waals surface area contributed by atoms with Crippen LogP contribution in [0.3, 0.4) is 0 Å². The Hall–Kier alpha value is 0.488. The zero-order valence-corrected chi connectivity index (χ0v) is 9.30. The summed E-state index contributed by atoms with van der Waals surface area (Å²) in [7, 11) is 0. The summed E-state index contributed by atoms with van der Waals surface area (Å²) in [6.07, 6.45) is 0. The molecule has 0 unspecified atom stereocenters. The van der Waals surface area contributed by atoms with Crippen molar-refractivity contribution in [1.82, 2.24) is 9.97 Å². The van der Waals surface area contributed by atoms with Crippen LogP contribution in [-0.4, -0.2) is 55.4 Å². The maximum absolute atomic E-state index is 10.1. The molecule has 0 saturated heterocycles. The number of H-pyrrole nitrogens is 1. The number of hydrogen-bond donors (Lipinski definition) is 0. The molecule has 1 heterocycles. The van der Waals surface area contributed by atoms with Crippen molar-refractivity contribution in [3.8, 4) is 18.0 Å². The molecule has 0 aliphatic carbocycles. The van der Waals surface area contributed by atoms with Crippen molar-refractivity contribution in [3.05, 3.63) is 0 Å². The van der Waals surface area contributed by atoms with Crippen LogP contribution in [0.25, 0.3) is 0 Å². The van der Waals surface area contributed by atoms with Crippen LogP contribution < -0.4 is 39.2 Å². The van der Waals surface area contributed by atoms with Crippen molar-refractivity contribution in [2.75, 3.05) is 0 Å². The topological polar surface area (TPSA) is 109 Å². The average Bonchev–Trinajstić information content (AvgIpc) is 1.59. The molecule has 11 heavy (non-hydrogen) atoms. The fourth-order valence-corrected chi connectivity index (χ4v) is 0.346. The van der Waals surface area contributed by atoms with E-state index < -0.39 is 18.0 Å². The van der Waals surface area contributed by atoms with E-state index in [1.54, 1.807) is 4.98 Å². The number of aromatic nitrogens is 3. The normalized spacial score (nSPS) is 7.64. The van der Waals surface area contributed by atoms with E-state index in [1.807, 2.05) is 0 Å². The second-order valence-corrected chi connectivity index (χ2v) is 1.24. The molecule has 0 saturated carbocycles. The molecule has 1 rings (SSSR count). The first-order chi connectivity index (χ1) is 4.18. The molecule has 1 aromatic rings. The van der Waals surface area contributed by atoms with Gasteiger partial charge in [-0.1, -0.05) is 9.97 Å². The summed E-state index contributed by atoms with van der Waals surface area (Å²) >= 11 is 0. The molecule has 48 valence electrons. The van der Waals surface area contributed by atoms with E-state index in [1.165, 1.54) is 0 Å². The van der Waals surface area contributed by atoms with Gasteiger partial charge in [-0.05, 0) is 0 Å². The largest absolute Gasteiger partial charge is 2.00 e. The second-order valence-electron chi connectivity index (χ2n) is 1.24. The van der Waals surface area contributed by atoms with Gasteiger partial charge in [-0.2, -0.15) is 0 Å². The van der Waals surface area contributed by atoms with Crippen molar-refractivity contribution in [1.29, 1.82) is 0 Å². The van der Waals surface area contributed by atoms with Crippen molar-refractivity contribution in [2.24, 2.45) is 0 Å². The summed E-state index contributed by atoms with van der Waals surface area (Å²) in [5, 5.41) is 30.3. The second kappa shape index (κ2) is 6.05. The Morgan fingerprint density at radius 2 is 1.36 bits per heavy atom. The monoisotopic (exact) mass is 222 g/mol. The summed E-state index contributed by atoms with van der Waals surface area (Å²) in [6.45, 7) is 0. The van der Waals surface area contributed by atoms with Gasteiger partial charge in [-0.25, -0.2) is 0 Å². The van der Waals surface area contributed by atoms with Gasteiger partial charge in [0, 0.05) is 0 Å². The molecular weight excluding hydrogens is 221 g/mol. The van der Waals surface area contributed by atoms with Crippen LogP contribution in [0, 0.1) is 0 Å². The van der Waals surface area contributed by atoms with E-state index in [0.717, 1.165) is 0 Å². The van der Waals surface area contributed by atoms with E-state index in [-0.39, 0.29) is 64.3 Å². The van der Waals surface area contributed by atoms with Gasteiger partial charge >= 0.3 is 64.3 Å². The third-order valence-electron chi connectivity index (χ3n) is 0.608. The first-order valence-corrected chi connectivity index (χ1v) is 2.01. The number of rotatable bonds is 0. The van der Waals surface area contributed by atoms with E-state index in [9.17, 15) is 15.3 Å².